The Balaban J connectivity index is 1.93. The van der Waals surface area contributed by atoms with Crippen LogP contribution in [0.15, 0.2) is 48.5 Å². The molecule has 112 valence electrons. The summed E-state index contributed by atoms with van der Waals surface area (Å²) in [5.41, 5.74) is 3.39. The van der Waals surface area contributed by atoms with Gasteiger partial charge in [-0.3, -0.25) is 0 Å². The minimum atomic E-state index is -0.175. The van der Waals surface area contributed by atoms with Crippen LogP contribution in [0.2, 0.25) is 0 Å². The van der Waals surface area contributed by atoms with Crippen LogP contribution in [0.1, 0.15) is 22.7 Å². The number of ether oxygens (including phenoxy) is 1. The van der Waals surface area contributed by atoms with Gasteiger partial charge < -0.3 is 10.1 Å². The lowest BCUT2D eigenvalue weighted by Gasteiger charge is -2.18. The molecule has 2 nitrogen and oxygen atoms in total. The third kappa shape index (κ3) is 4.66. The molecular weight excluding hydrogens is 265 g/mol. The zero-order valence-corrected chi connectivity index (χ0v) is 12.6. The molecule has 2 aromatic carbocycles. The van der Waals surface area contributed by atoms with Gasteiger partial charge in [0.25, 0.3) is 0 Å². The van der Waals surface area contributed by atoms with E-state index in [2.05, 4.69) is 17.4 Å². The second kappa shape index (κ2) is 7.91. The van der Waals surface area contributed by atoms with Crippen molar-refractivity contribution in [1.82, 2.24) is 5.32 Å². The van der Waals surface area contributed by atoms with E-state index in [-0.39, 0.29) is 11.9 Å². The molecule has 0 aliphatic carbocycles. The lowest BCUT2D eigenvalue weighted by Crippen LogP contribution is -2.27. The summed E-state index contributed by atoms with van der Waals surface area (Å²) in [6, 6.07) is 15.4. The smallest absolute Gasteiger partial charge is 0.123 e. The Kier molecular flexibility index (Phi) is 5.90. The molecule has 1 N–H and O–H groups in total. The van der Waals surface area contributed by atoms with Crippen LogP contribution in [-0.4, -0.2) is 20.3 Å². The van der Waals surface area contributed by atoms with Crippen LogP contribution < -0.4 is 5.32 Å². The maximum absolute atomic E-state index is 13.1. The number of hydrogen-bond donors (Lipinski definition) is 1. The Morgan fingerprint density at radius 2 is 1.90 bits per heavy atom. The van der Waals surface area contributed by atoms with Gasteiger partial charge in [0, 0.05) is 7.11 Å². The fourth-order valence-electron chi connectivity index (χ4n) is 2.45. The molecular formula is C18H22FNO. The van der Waals surface area contributed by atoms with Gasteiger partial charge in [0.1, 0.15) is 5.82 Å². The zero-order valence-electron chi connectivity index (χ0n) is 12.6. The SMILES string of the molecule is COCC(NCCc1ccc(F)cc1C)c1ccccc1. The number of methoxy groups -OCH3 is 1. The van der Waals surface area contributed by atoms with Gasteiger partial charge in [-0.05, 0) is 48.7 Å². The van der Waals surface area contributed by atoms with E-state index in [9.17, 15) is 4.39 Å². The Morgan fingerprint density at radius 1 is 1.14 bits per heavy atom. The van der Waals surface area contributed by atoms with Gasteiger partial charge in [-0.2, -0.15) is 0 Å². The molecule has 0 aromatic heterocycles. The Hall–Kier alpha value is -1.71. The molecule has 2 rings (SSSR count). The summed E-state index contributed by atoms with van der Waals surface area (Å²) in [5, 5.41) is 3.51. The highest BCUT2D eigenvalue weighted by Gasteiger charge is 2.10. The minimum Gasteiger partial charge on any atom is -0.383 e. The molecule has 1 atom stereocenters. The predicted molar refractivity (Wildman–Crippen MR) is 83.9 cm³/mol. The van der Waals surface area contributed by atoms with Crippen molar-refractivity contribution in [2.45, 2.75) is 19.4 Å². The van der Waals surface area contributed by atoms with Gasteiger partial charge in [0.15, 0.2) is 0 Å². The monoisotopic (exact) mass is 287 g/mol. The third-order valence-corrected chi connectivity index (χ3v) is 3.62. The van der Waals surface area contributed by atoms with Gasteiger partial charge in [0.2, 0.25) is 0 Å². The van der Waals surface area contributed by atoms with Crippen molar-refractivity contribution >= 4 is 0 Å². The van der Waals surface area contributed by atoms with Crippen LogP contribution >= 0.6 is 0 Å². The number of aryl methyl sites for hydroxylation is 1. The minimum absolute atomic E-state index is 0.175. The van der Waals surface area contributed by atoms with Crippen molar-refractivity contribution in [2.24, 2.45) is 0 Å². The number of rotatable bonds is 7. The van der Waals surface area contributed by atoms with E-state index in [0.717, 1.165) is 18.5 Å². The highest BCUT2D eigenvalue weighted by molar-refractivity contribution is 5.27. The van der Waals surface area contributed by atoms with E-state index in [0.29, 0.717) is 6.61 Å². The van der Waals surface area contributed by atoms with Crippen molar-refractivity contribution in [2.75, 3.05) is 20.3 Å². The quantitative estimate of drug-likeness (QED) is 0.839. The standard InChI is InChI=1S/C18H22FNO/c1-14-12-17(19)9-8-15(14)10-11-20-18(13-21-2)16-6-4-3-5-7-16/h3-9,12,18,20H,10-11,13H2,1-2H3. The summed E-state index contributed by atoms with van der Waals surface area (Å²) in [6.07, 6.45) is 0.874. The van der Waals surface area contributed by atoms with E-state index >= 15 is 0 Å². The topological polar surface area (TPSA) is 21.3 Å². The molecule has 0 saturated carbocycles. The largest absolute Gasteiger partial charge is 0.383 e. The van der Waals surface area contributed by atoms with Gasteiger partial charge >= 0.3 is 0 Å². The highest BCUT2D eigenvalue weighted by atomic mass is 19.1. The second-order valence-corrected chi connectivity index (χ2v) is 5.19. The molecule has 0 spiro atoms. The van der Waals surface area contributed by atoms with E-state index < -0.39 is 0 Å². The van der Waals surface area contributed by atoms with Crippen LogP contribution in [0.3, 0.4) is 0 Å². The van der Waals surface area contributed by atoms with Crippen molar-refractivity contribution < 1.29 is 9.13 Å². The Labute approximate surface area is 126 Å². The molecule has 1 unspecified atom stereocenters. The van der Waals surface area contributed by atoms with Gasteiger partial charge in [-0.25, -0.2) is 4.39 Å². The fourth-order valence-corrected chi connectivity index (χ4v) is 2.45. The molecule has 0 heterocycles. The molecule has 0 bridgehead atoms. The Morgan fingerprint density at radius 3 is 2.57 bits per heavy atom. The fraction of sp³-hybridized carbons (Fsp3) is 0.333. The van der Waals surface area contributed by atoms with Crippen molar-refractivity contribution in [1.29, 1.82) is 0 Å². The lowest BCUT2D eigenvalue weighted by atomic mass is 10.0. The third-order valence-electron chi connectivity index (χ3n) is 3.62. The van der Waals surface area contributed by atoms with Gasteiger partial charge in [-0.15, -0.1) is 0 Å². The van der Waals surface area contributed by atoms with Crippen LogP contribution in [0.4, 0.5) is 4.39 Å². The molecule has 21 heavy (non-hydrogen) atoms. The molecule has 0 fully saturated rings. The zero-order chi connectivity index (χ0) is 15.1. The number of hydrogen-bond acceptors (Lipinski definition) is 2. The average Bonchev–Trinajstić information content (AvgIpc) is 2.49. The molecule has 3 heteroatoms. The van der Waals surface area contributed by atoms with Gasteiger partial charge in [0.05, 0.1) is 12.6 Å². The maximum atomic E-state index is 13.1. The first-order chi connectivity index (χ1) is 10.2. The van der Waals surface area contributed by atoms with Crippen molar-refractivity contribution in [3.8, 4) is 0 Å². The highest BCUT2D eigenvalue weighted by Crippen LogP contribution is 2.14. The average molecular weight is 287 g/mol. The number of halogens is 1. The first kappa shape index (κ1) is 15.7. The van der Waals surface area contributed by atoms with E-state index in [4.69, 9.17) is 4.74 Å². The summed E-state index contributed by atoms with van der Waals surface area (Å²) in [6.45, 7) is 3.41. The molecule has 2 aromatic rings. The second-order valence-electron chi connectivity index (χ2n) is 5.19. The molecule has 0 saturated heterocycles. The van der Waals surface area contributed by atoms with Crippen LogP contribution in [0.5, 0.6) is 0 Å². The normalized spacial score (nSPS) is 12.3. The first-order valence-electron chi connectivity index (χ1n) is 7.23. The van der Waals surface area contributed by atoms with E-state index in [1.807, 2.05) is 31.2 Å². The molecule has 0 aliphatic heterocycles. The van der Waals surface area contributed by atoms with Crippen molar-refractivity contribution in [3.05, 3.63) is 71.0 Å². The first-order valence-corrected chi connectivity index (χ1v) is 7.23. The Bertz CT molecular complexity index is 556. The molecule has 0 aliphatic rings. The molecule has 0 amide bonds. The predicted octanol–water partition coefficient (Wildman–Crippen LogP) is 3.65. The maximum Gasteiger partial charge on any atom is 0.123 e. The summed E-state index contributed by atoms with van der Waals surface area (Å²) >= 11 is 0. The lowest BCUT2D eigenvalue weighted by molar-refractivity contribution is 0.167. The van der Waals surface area contributed by atoms with Crippen LogP contribution in [0.25, 0.3) is 0 Å². The summed E-state index contributed by atoms with van der Waals surface area (Å²) in [4.78, 5) is 0. The number of nitrogens with one attached hydrogen (secondary N) is 1. The summed E-state index contributed by atoms with van der Waals surface area (Å²) in [7, 11) is 1.71. The van der Waals surface area contributed by atoms with Crippen molar-refractivity contribution in [3.63, 3.8) is 0 Å². The molecule has 0 radical (unpaired) electrons. The van der Waals surface area contributed by atoms with E-state index in [1.165, 1.54) is 17.2 Å². The number of benzene rings is 2. The van der Waals surface area contributed by atoms with Crippen LogP contribution in [-0.2, 0) is 11.2 Å². The summed E-state index contributed by atoms with van der Waals surface area (Å²) in [5.74, 6) is -0.175. The van der Waals surface area contributed by atoms with E-state index in [1.54, 1.807) is 13.2 Å². The van der Waals surface area contributed by atoms with Gasteiger partial charge in [-0.1, -0.05) is 36.4 Å². The van der Waals surface area contributed by atoms with Crippen LogP contribution in [0, 0.1) is 12.7 Å². The summed E-state index contributed by atoms with van der Waals surface area (Å²) < 4.78 is 18.4.